The maximum Gasteiger partial charge on any atom is 0.474 e. The molecule has 19 N–H and O–H groups in total. The lowest BCUT2D eigenvalue weighted by molar-refractivity contribution is -0.372. The molecule has 618 valence electrons. The van der Waals surface area contributed by atoms with Crippen molar-refractivity contribution in [2.24, 2.45) is 17.1 Å². The zero-order valence-electron chi connectivity index (χ0n) is 62.4. The van der Waals surface area contributed by atoms with E-state index in [1.54, 1.807) is 13.0 Å². The molecule has 2 aliphatic carbocycles. The topological polar surface area (TPSA) is 593 Å². The number of amides is 4. The summed E-state index contributed by atoms with van der Waals surface area (Å²) < 4.78 is 83.4. The number of hydrogen-bond acceptors (Lipinski definition) is 31. The molecule has 38 nitrogen and oxygen atoms in total. The summed E-state index contributed by atoms with van der Waals surface area (Å²) in [5, 5.41) is 150. The molecule has 5 fully saturated rings. The highest BCUT2D eigenvalue weighted by Gasteiger charge is 2.63. The summed E-state index contributed by atoms with van der Waals surface area (Å²) in [4.78, 5) is 102. The molecular formula is C70H109N4O34P. The van der Waals surface area contributed by atoms with E-state index >= 15 is 0 Å². The Morgan fingerprint density at radius 2 is 1.34 bits per heavy atom. The van der Waals surface area contributed by atoms with Crippen molar-refractivity contribution >= 4 is 49.4 Å². The normalized spacial score (nSPS) is 35.6. The Bertz CT molecular complexity index is 3360. The number of rotatable bonds is 37. The van der Waals surface area contributed by atoms with E-state index < -0.39 is 239 Å². The molecule has 39 heteroatoms. The Labute approximate surface area is 629 Å². The van der Waals surface area contributed by atoms with Crippen LogP contribution in [0.25, 0.3) is 0 Å². The molecule has 0 bridgehead atoms. The van der Waals surface area contributed by atoms with E-state index in [0.29, 0.717) is 12.8 Å². The molecule has 4 amide bonds. The molecule has 0 radical (unpaired) electrons. The number of phosphoric ester groups is 1. The number of carboxylic acids is 2. The fourth-order valence-electron chi connectivity index (χ4n) is 13.0. The third kappa shape index (κ3) is 25.4. The van der Waals surface area contributed by atoms with Gasteiger partial charge in [0.2, 0.25) is 11.8 Å². The number of hydrogen-bond donors (Lipinski definition) is 18. The molecule has 0 aromatic carbocycles. The van der Waals surface area contributed by atoms with Crippen LogP contribution in [0.2, 0.25) is 0 Å². The van der Waals surface area contributed by atoms with Gasteiger partial charge in [-0.25, -0.2) is 18.9 Å². The number of nitrogens with two attached hydrogens (primary N) is 1. The zero-order valence-corrected chi connectivity index (χ0v) is 63.3. The second-order valence-electron chi connectivity index (χ2n) is 29.3. The van der Waals surface area contributed by atoms with E-state index in [1.165, 1.54) is 18.1 Å². The zero-order chi connectivity index (χ0) is 81.5. The minimum atomic E-state index is -5.88. The Hall–Kier alpha value is -6.12. The number of ether oxygens (including phenoxy) is 10. The quantitative estimate of drug-likeness (QED) is 0.0268. The van der Waals surface area contributed by atoms with Crippen molar-refractivity contribution in [1.29, 1.82) is 0 Å². The Balaban J connectivity index is 1.25. The number of Topliss-reactive ketones (excluding diaryl/α,β-unsaturated/α-hetero) is 1. The largest absolute Gasteiger partial charge is 0.510 e. The van der Waals surface area contributed by atoms with Crippen LogP contribution >= 0.6 is 7.82 Å². The number of carbonyl (C=O) groups excluding carboxylic acids is 5. The van der Waals surface area contributed by atoms with Crippen LogP contribution in [0.1, 0.15) is 133 Å². The Morgan fingerprint density at radius 3 is 1.93 bits per heavy atom. The first-order chi connectivity index (χ1) is 50.9. The Kier molecular flexibility index (Phi) is 34.1. The first kappa shape index (κ1) is 91.8. The summed E-state index contributed by atoms with van der Waals surface area (Å²) in [6.07, 6.45) is -33.3. The number of aliphatic hydroxyl groups excluding tert-OH is 10. The lowest BCUT2D eigenvalue weighted by Gasteiger charge is -2.51. The number of allylic oxidation sites excluding steroid dienone is 10. The van der Waals surface area contributed by atoms with Crippen molar-refractivity contribution in [3.05, 3.63) is 70.7 Å². The lowest BCUT2D eigenvalue weighted by Crippen LogP contribution is -2.72. The first-order valence-corrected chi connectivity index (χ1v) is 37.1. The van der Waals surface area contributed by atoms with Crippen LogP contribution in [-0.4, -0.2) is 292 Å². The van der Waals surface area contributed by atoms with Gasteiger partial charge in [0.15, 0.2) is 61.5 Å². The summed E-state index contributed by atoms with van der Waals surface area (Å²) >= 11 is 0. The SMILES string of the molecule is C=C(C/C=C(\C)CCC=C(C)C)CCC(C)(C)/C=C/CC/C(C)=C/COC(COP(=O)(O)O[C@H]1O[C@H](C(=O)O)[C@@](C)(O)[C@H](OC(N)=O)[C@H]1O[C@@H]1O[C@H](CO[C@@H]2C[C@H](CO)[C@@H](O)[C@H](O)[C@H]2O)[C@@H](O[C@@H]2OC(C)[C@@H](O[C@@H]3O[C@H](C(=O)NC4=C(O)CCC4=O)[C@H](O)[C@H](O)[C@H]3O)[C@H](O)[C@H]2NC(C)=O)[C@H](O)[C@H]1NC(C)=O)C(=O)O. The fraction of sp³-hybridized carbons (Fsp3) is 0.729. The highest BCUT2D eigenvalue weighted by Crippen LogP contribution is 2.49. The molecule has 3 unspecified atom stereocenters. The molecule has 109 heavy (non-hydrogen) atoms. The second-order valence-corrected chi connectivity index (χ2v) is 30.7. The second kappa shape index (κ2) is 40.6. The van der Waals surface area contributed by atoms with Crippen LogP contribution in [0.5, 0.6) is 0 Å². The van der Waals surface area contributed by atoms with Gasteiger partial charge in [0.1, 0.15) is 90.2 Å². The molecule has 4 saturated heterocycles. The molecule has 0 aromatic rings. The number of carboxylic acid groups (broad SMARTS) is 2. The molecule has 0 aromatic heterocycles. The predicted octanol–water partition coefficient (Wildman–Crippen LogP) is -0.765. The van der Waals surface area contributed by atoms with Gasteiger partial charge in [0, 0.05) is 39.2 Å². The molecular weight excluding hydrogens is 1470 g/mol. The van der Waals surface area contributed by atoms with Gasteiger partial charge >= 0.3 is 25.9 Å². The number of phosphoric acid groups is 1. The van der Waals surface area contributed by atoms with Gasteiger partial charge in [-0.2, -0.15) is 0 Å². The van der Waals surface area contributed by atoms with Crippen molar-refractivity contribution in [1.82, 2.24) is 16.0 Å². The third-order valence-electron chi connectivity index (χ3n) is 19.4. The van der Waals surface area contributed by atoms with Gasteiger partial charge in [-0.05, 0) is 98.3 Å². The fourth-order valence-corrected chi connectivity index (χ4v) is 13.9. The summed E-state index contributed by atoms with van der Waals surface area (Å²) in [6.45, 7) is 17.0. The van der Waals surface area contributed by atoms with Crippen molar-refractivity contribution in [2.45, 2.75) is 286 Å². The summed E-state index contributed by atoms with van der Waals surface area (Å²) in [6, 6.07) is -3.98. The van der Waals surface area contributed by atoms with E-state index in [1.807, 2.05) is 6.08 Å². The average Bonchev–Trinajstić information content (AvgIpc) is 1.80. The van der Waals surface area contributed by atoms with E-state index in [2.05, 4.69) is 75.4 Å². The van der Waals surface area contributed by atoms with Crippen LogP contribution in [0.3, 0.4) is 0 Å². The molecule has 1 saturated carbocycles. The standard InChI is InChI=1S/C70H109N4O34P/c1-31(2)15-14-17-32(3)18-19-34(5)22-25-69(9,10)24-13-12-16-33(4)23-26-97-43(62(89)90)30-99-109(95,96)108-67-58(59(107-68(71)93)70(11,94)60(106-67)63(91)92)105-65-46(73-37(8)77)50(83)56(42(101-65)29-98-41-27-38(28-75)47(80)51(84)48(41)81)103-64-45(72-36(7)76)49(82)55(35(6)100-64)102-66-54(87)52(85)53(86)57(104-66)61(88)74-44-39(78)20-21-40(44)79/h13,15,18,23-24,35,38,41-43,45-60,64-67,75,78,80-87,94H,5,12,14,16-17,19-22,25-30H2,1-4,6-11H3,(H2,71,93)(H,72,76)(H,73,77)(H,74,88)(H,89,90)(H,91,92)(H,95,96)/b24-13+,32-18+,33-23+/t35?,38-,41-,42-,43?,45-,46-,47-,48+,49-,50-,51+,52+,53-,54-,55-,56-,57+,58-,59-,60-,64+,65+,66-,67-,70+/m1/s1. The van der Waals surface area contributed by atoms with E-state index in [-0.39, 0.29) is 31.3 Å². The van der Waals surface area contributed by atoms with Crippen molar-refractivity contribution in [3.63, 3.8) is 0 Å². The van der Waals surface area contributed by atoms with Crippen molar-refractivity contribution < 1.29 is 166 Å². The van der Waals surface area contributed by atoms with Gasteiger partial charge < -0.3 is 140 Å². The van der Waals surface area contributed by atoms with Gasteiger partial charge in [-0.15, -0.1) is 0 Å². The van der Waals surface area contributed by atoms with Gasteiger partial charge in [0.05, 0.1) is 38.1 Å². The van der Waals surface area contributed by atoms with Crippen LogP contribution < -0.4 is 21.7 Å². The van der Waals surface area contributed by atoms with Gasteiger partial charge in [-0.1, -0.05) is 73.1 Å². The maximum absolute atomic E-state index is 14.1. The maximum atomic E-state index is 14.1. The molecule has 27 atom stereocenters. The molecule has 6 aliphatic rings. The van der Waals surface area contributed by atoms with Crippen LogP contribution in [-0.2, 0) is 89.7 Å². The molecule has 4 heterocycles. The average molecular weight is 1580 g/mol. The summed E-state index contributed by atoms with van der Waals surface area (Å²) in [5.74, 6) is -9.28. The molecule has 4 aliphatic heterocycles. The van der Waals surface area contributed by atoms with Crippen molar-refractivity contribution in [3.8, 4) is 0 Å². The van der Waals surface area contributed by atoms with E-state index in [0.717, 1.165) is 64.0 Å². The smallest absolute Gasteiger partial charge is 0.474 e. The summed E-state index contributed by atoms with van der Waals surface area (Å²) in [7, 11) is -5.88. The number of primary amides is 1. The Morgan fingerprint density at radius 1 is 0.743 bits per heavy atom. The van der Waals surface area contributed by atoms with E-state index in [4.69, 9.17) is 62.1 Å². The number of nitrogens with one attached hydrogen (secondary N) is 3. The van der Waals surface area contributed by atoms with Crippen LogP contribution in [0.4, 0.5) is 4.79 Å². The number of ketones is 1. The lowest BCUT2D eigenvalue weighted by atomic mass is 9.81. The number of carbonyl (C=O) groups is 7. The third-order valence-corrected chi connectivity index (χ3v) is 20.4. The van der Waals surface area contributed by atoms with Gasteiger partial charge in [0.25, 0.3) is 5.91 Å². The monoisotopic (exact) mass is 1580 g/mol. The van der Waals surface area contributed by atoms with Crippen molar-refractivity contribution in [2.75, 3.05) is 26.4 Å². The molecule has 0 spiro atoms. The minimum absolute atomic E-state index is 0.126. The van der Waals surface area contributed by atoms with Gasteiger partial charge in [-0.3, -0.25) is 28.2 Å². The molecule has 6 rings (SSSR count). The number of aliphatic hydroxyl groups is 11. The van der Waals surface area contributed by atoms with Crippen LogP contribution in [0, 0.1) is 11.3 Å². The van der Waals surface area contributed by atoms with Crippen LogP contribution in [0.15, 0.2) is 70.7 Å². The highest BCUT2D eigenvalue weighted by molar-refractivity contribution is 7.47. The van der Waals surface area contributed by atoms with E-state index in [9.17, 15) is 109 Å². The first-order valence-electron chi connectivity index (χ1n) is 35.6. The summed E-state index contributed by atoms with van der Waals surface area (Å²) in [5.41, 5.74) is 6.25. The minimum Gasteiger partial charge on any atom is -0.510 e. The number of aliphatic carboxylic acids is 2. The predicted molar refractivity (Wildman–Crippen MR) is 373 cm³/mol. The highest BCUT2D eigenvalue weighted by atomic mass is 31.2.